The summed E-state index contributed by atoms with van der Waals surface area (Å²) in [6, 6.07) is 11.3. The summed E-state index contributed by atoms with van der Waals surface area (Å²) < 4.78 is 0. The van der Waals surface area contributed by atoms with Crippen molar-refractivity contribution >= 4 is 12.6 Å². The maximum absolute atomic E-state index is 10.9. The van der Waals surface area contributed by atoms with Crippen LogP contribution < -0.4 is 0 Å². The smallest absolute Gasteiger partial charge is 0.150 e. The lowest BCUT2D eigenvalue weighted by Gasteiger charge is -2.09. The first-order valence-corrected chi connectivity index (χ1v) is 5.77. The molecule has 90 valence electrons. The lowest BCUT2D eigenvalue weighted by Crippen LogP contribution is -1.92. The lowest BCUT2D eigenvalue weighted by atomic mass is 9.95. The van der Waals surface area contributed by atoms with Crippen molar-refractivity contribution in [2.75, 3.05) is 0 Å². The molecule has 0 amide bonds. The first kappa shape index (κ1) is 12.2. The fraction of sp³-hybridized carbons (Fsp3) is 0.125. The third-order valence-corrected chi connectivity index (χ3v) is 3.10. The molecule has 0 bridgehead atoms. The standard InChI is InChI=1S/C16H14O2/c1-11-8-16(12(2)7-15(11)10-18)14-5-3-13(9-17)4-6-14/h3-10H,1-2H3. The molecule has 2 heteroatoms. The Hall–Kier alpha value is -2.22. The topological polar surface area (TPSA) is 34.1 Å². The van der Waals surface area contributed by atoms with Crippen LogP contribution in [-0.2, 0) is 0 Å². The maximum Gasteiger partial charge on any atom is 0.150 e. The van der Waals surface area contributed by atoms with Gasteiger partial charge in [0.05, 0.1) is 0 Å². The van der Waals surface area contributed by atoms with Crippen LogP contribution in [-0.4, -0.2) is 12.6 Å². The van der Waals surface area contributed by atoms with E-state index in [1.54, 1.807) is 12.1 Å². The number of benzene rings is 2. The molecule has 0 N–H and O–H groups in total. The predicted octanol–water partition coefficient (Wildman–Crippen LogP) is 3.60. The van der Waals surface area contributed by atoms with Crippen LogP contribution in [0.15, 0.2) is 36.4 Å². The highest BCUT2D eigenvalue weighted by molar-refractivity contribution is 5.82. The van der Waals surface area contributed by atoms with E-state index in [0.717, 1.165) is 40.4 Å². The van der Waals surface area contributed by atoms with Gasteiger partial charge in [-0.1, -0.05) is 30.3 Å². The molecule has 0 unspecified atom stereocenters. The average Bonchev–Trinajstić information content (AvgIpc) is 2.41. The number of aldehydes is 2. The number of carbonyl (C=O) groups is 2. The zero-order chi connectivity index (χ0) is 13.1. The molecule has 0 aromatic heterocycles. The summed E-state index contributed by atoms with van der Waals surface area (Å²) in [5.41, 5.74) is 5.55. The van der Waals surface area contributed by atoms with Gasteiger partial charge in [-0.15, -0.1) is 0 Å². The van der Waals surface area contributed by atoms with Crippen molar-refractivity contribution in [1.29, 1.82) is 0 Å². The van der Waals surface area contributed by atoms with Gasteiger partial charge < -0.3 is 0 Å². The minimum atomic E-state index is 0.664. The molecule has 0 radical (unpaired) electrons. The Morgan fingerprint density at radius 3 is 2.06 bits per heavy atom. The second-order valence-electron chi connectivity index (χ2n) is 4.38. The molecular formula is C16H14O2. The van der Waals surface area contributed by atoms with Crippen LogP contribution in [0.3, 0.4) is 0 Å². The monoisotopic (exact) mass is 238 g/mol. The average molecular weight is 238 g/mol. The molecule has 2 nitrogen and oxygen atoms in total. The quantitative estimate of drug-likeness (QED) is 0.766. The van der Waals surface area contributed by atoms with E-state index in [1.165, 1.54) is 0 Å². The minimum Gasteiger partial charge on any atom is -0.298 e. The Kier molecular flexibility index (Phi) is 3.38. The largest absolute Gasteiger partial charge is 0.298 e. The molecule has 0 fully saturated rings. The van der Waals surface area contributed by atoms with E-state index in [2.05, 4.69) is 0 Å². The zero-order valence-electron chi connectivity index (χ0n) is 10.4. The van der Waals surface area contributed by atoms with Crippen molar-refractivity contribution in [2.24, 2.45) is 0 Å². The number of aryl methyl sites for hydroxylation is 2. The predicted molar refractivity (Wildman–Crippen MR) is 72.1 cm³/mol. The van der Waals surface area contributed by atoms with Gasteiger partial charge in [-0.3, -0.25) is 9.59 Å². The van der Waals surface area contributed by atoms with Gasteiger partial charge in [-0.2, -0.15) is 0 Å². The van der Waals surface area contributed by atoms with Crippen LogP contribution >= 0.6 is 0 Å². The highest BCUT2D eigenvalue weighted by Crippen LogP contribution is 2.26. The highest BCUT2D eigenvalue weighted by Gasteiger charge is 2.06. The van der Waals surface area contributed by atoms with Crippen LogP contribution in [0.2, 0.25) is 0 Å². The Bertz CT molecular complexity index is 595. The van der Waals surface area contributed by atoms with E-state index in [9.17, 15) is 9.59 Å². The van der Waals surface area contributed by atoms with Gasteiger partial charge in [0.2, 0.25) is 0 Å². The third kappa shape index (κ3) is 2.23. The summed E-state index contributed by atoms with van der Waals surface area (Å²) in [6.07, 6.45) is 1.71. The van der Waals surface area contributed by atoms with Gasteiger partial charge in [0, 0.05) is 11.1 Å². The Labute approximate surface area is 106 Å². The number of carbonyl (C=O) groups excluding carboxylic acids is 2. The first-order valence-electron chi connectivity index (χ1n) is 5.77. The zero-order valence-corrected chi connectivity index (χ0v) is 10.4. The molecular weight excluding hydrogens is 224 g/mol. The van der Waals surface area contributed by atoms with Gasteiger partial charge in [0.25, 0.3) is 0 Å². The molecule has 0 aliphatic rings. The first-order chi connectivity index (χ1) is 8.65. The molecule has 2 aromatic rings. The second-order valence-corrected chi connectivity index (χ2v) is 4.38. The molecule has 18 heavy (non-hydrogen) atoms. The molecule has 0 aliphatic carbocycles. The van der Waals surface area contributed by atoms with E-state index in [1.807, 2.05) is 38.1 Å². The SMILES string of the molecule is Cc1cc(-c2ccc(C=O)cc2)c(C)cc1C=O. The number of rotatable bonds is 3. The van der Waals surface area contributed by atoms with Crippen molar-refractivity contribution in [1.82, 2.24) is 0 Å². The highest BCUT2D eigenvalue weighted by atomic mass is 16.1. The number of hydrogen-bond acceptors (Lipinski definition) is 2. The van der Waals surface area contributed by atoms with E-state index in [4.69, 9.17) is 0 Å². The fourth-order valence-electron chi connectivity index (χ4n) is 2.02. The van der Waals surface area contributed by atoms with Gasteiger partial charge in [-0.05, 0) is 42.2 Å². The molecule has 2 rings (SSSR count). The number of hydrogen-bond donors (Lipinski definition) is 0. The van der Waals surface area contributed by atoms with Crippen LogP contribution in [0.1, 0.15) is 31.8 Å². The molecule has 0 heterocycles. The van der Waals surface area contributed by atoms with E-state index < -0.39 is 0 Å². The second kappa shape index (κ2) is 4.96. The van der Waals surface area contributed by atoms with Crippen molar-refractivity contribution in [3.05, 3.63) is 58.7 Å². The van der Waals surface area contributed by atoms with Gasteiger partial charge in [0.1, 0.15) is 12.6 Å². The maximum atomic E-state index is 10.9. The summed E-state index contributed by atoms with van der Waals surface area (Å²) in [7, 11) is 0. The van der Waals surface area contributed by atoms with E-state index >= 15 is 0 Å². The van der Waals surface area contributed by atoms with Gasteiger partial charge >= 0.3 is 0 Å². The molecule has 0 aliphatic heterocycles. The summed E-state index contributed by atoms with van der Waals surface area (Å²) in [5.74, 6) is 0. The van der Waals surface area contributed by atoms with Crippen molar-refractivity contribution in [3.8, 4) is 11.1 Å². The molecule has 0 atom stereocenters. The van der Waals surface area contributed by atoms with Gasteiger partial charge in [0.15, 0.2) is 0 Å². The van der Waals surface area contributed by atoms with Crippen molar-refractivity contribution in [2.45, 2.75) is 13.8 Å². The molecule has 0 saturated carbocycles. The lowest BCUT2D eigenvalue weighted by molar-refractivity contribution is 0.111. The van der Waals surface area contributed by atoms with Crippen LogP contribution in [0.4, 0.5) is 0 Å². The van der Waals surface area contributed by atoms with E-state index in [-0.39, 0.29) is 0 Å². The minimum absolute atomic E-state index is 0.664. The normalized spacial score (nSPS) is 10.1. The Balaban J connectivity index is 2.52. The fourth-order valence-corrected chi connectivity index (χ4v) is 2.02. The Morgan fingerprint density at radius 2 is 1.50 bits per heavy atom. The Morgan fingerprint density at radius 1 is 0.833 bits per heavy atom. The molecule has 2 aromatic carbocycles. The third-order valence-electron chi connectivity index (χ3n) is 3.10. The van der Waals surface area contributed by atoms with Crippen molar-refractivity contribution < 1.29 is 9.59 Å². The van der Waals surface area contributed by atoms with Crippen LogP contribution in [0.5, 0.6) is 0 Å². The van der Waals surface area contributed by atoms with Crippen LogP contribution in [0, 0.1) is 13.8 Å². The van der Waals surface area contributed by atoms with E-state index in [0.29, 0.717) is 5.56 Å². The summed E-state index contributed by atoms with van der Waals surface area (Å²) >= 11 is 0. The summed E-state index contributed by atoms with van der Waals surface area (Å²) in [6.45, 7) is 3.90. The summed E-state index contributed by atoms with van der Waals surface area (Å²) in [4.78, 5) is 21.5. The molecule has 0 spiro atoms. The molecule has 0 saturated heterocycles. The summed E-state index contributed by atoms with van der Waals surface area (Å²) in [5, 5.41) is 0. The van der Waals surface area contributed by atoms with Crippen molar-refractivity contribution in [3.63, 3.8) is 0 Å². The van der Waals surface area contributed by atoms with Crippen LogP contribution in [0.25, 0.3) is 11.1 Å². The van der Waals surface area contributed by atoms with Gasteiger partial charge in [-0.25, -0.2) is 0 Å².